The minimum atomic E-state index is 0.268. The number of likely N-dealkylation sites (N-methyl/N-ethyl adjacent to an activating group) is 1. The van der Waals surface area contributed by atoms with E-state index in [0.717, 1.165) is 17.6 Å². The number of nitrogens with two attached hydrogens (primary N) is 1. The summed E-state index contributed by atoms with van der Waals surface area (Å²) in [4.78, 5) is 2.31. The number of piperidine rings is 1. The Hall–Kier alpha value is -0.380. The van der Waals surface area contributed by atoms with Crippen LogP contribution in [0, 0.1) is 0 Å². The van der Waals surface area contributed by atoms with Crippen LogP contribution in [0.5, 0.6) is 0 Å². The van der Waals surface area contributed by atoms with Crippen molar-refractivity contribution in [1.82, 2.24) is 4.90 Å². The predicted molar refractivity (Wildman–Crippen MR) is 67.0 cm³/mol. The maximum absolute atomic E-state index is 6.19. The van der Waals surface area contributed by atoms with Crippen LogP contribution in [-0.2, 0) is 0 Å². The molecule has 1 saturated heterocycles. The molecule has 2 N–H and O–H groups in total. The molecule has 0 aromatic heterocycles. The maximum atomic E-state index is 6.19. The highest BCUT2D eigenvalue weighted by Gasteiger charge is 2.25. The van der Waals surface area contributed by atoms with Gasteiger partial charge >= 0.3 is 0 Å². The monoisotopic (exact) mass is 268 g/mol. The van der Waals surface area contributed by atoms with Gasteiger partial charge in [-0.05, 0) is 37.7 Å². The van der Waals surface area contributed by atoms with Gasteiger partial charge in [0.15, 0.2) is 0 Å². The van der Waals surface area contributed by atoms with E-state index in [2.05, 4.69) is 52.1 Å². The minimum Gasteiger partial charge on any atom is -0.326 e. The Labute approximate surface area is 99.6 Å². The molecule has 82 valence electrons. The molecule has 1 aromatic rings. The van der Waals surface area contributed by atoms with Gasteiger partial charge in [-0.1, -0.05) is 28.1 Å². The third-order valence-electron chi connectivity index (χ3n) is 3.16. The van der Waals surface area contributed by atoms with Crippen molar-refractivity contribution in [2.45, 2.75) is 18.4 Å². The smallest absolute Gasteiger partial charge is 0.0237 e. The Morgan fingerprint density at radius 3 is 2.60 bits per heavy atom. The van der Waals surface area contributed by atoms with Gasteiger partial charge in [0.2, 0.25) is 0 Å². The number of nitrogens with zero attached hydrogens (tertiary/aromatic N) is 1. The van der Waals surface area contributed by atoms with Crippen molar-refractivity contribution in [2.24, 2.45) is 5.73 Å². The molecule has 0 aliphatic carbocycles. The highest BCUT2D eigenvalue weighted by Crippen LogP contribution is 2.27. The number of benzene rings is 1. The Bertz CT molecular complexity index is 323. The number of halogens is 1. The van der Waals surface area contributed by atoms with Crippen LogP contribution in [0.1, 0.15) is 17.9 Å². The lowest BCUT2D eigenvalue weighted by molar-refractivity contribution is 0.228. The van der Waals surface area contributed by atoms with E-state index >= 15 is 0 Å². The SMILES string of the molecule is CN1CCC(c2ccc(Br)cc2)C(N)C1. The first kappa shape index (κ1) is 11.1. The zero-order chi connectivity index (χ0) is 10.8. The van der Waals surface area contributed by atoms with E-state index in [0.29, 0.717) is 5.92 Å². The summed E-state index contributed by atoms with van der Waals surface area (Å²) in [5.74, 6) is 0.522. The standard InChI is InChI=1S/C12H17BrN2/c1-15-7-6-11(12(14)8-15)9-2-4-10(13)5-3-9/h2-5,11-12H,6-8,14H2,1H3. The van der Waals surface area contributed by atoms with Crippen LogP contribution in [-0.4, -0.2) is 31.1 Å². The number of rotatable bonds is 1. The number of hydrogen-bond donors (Lipinski definition) is 1. The fourth-order valence-electron chi connectivity index (χ4n) is 2.28. The van der Waals surface area contributed by atoms with E-state index in [1.165, 1.54) is 12.0 Å². The summed E-state index contributed by atoms with van der Waals surface area (Å²) in [5, 5.41) is 0. The van der Waals surface area contributed by atoms with Gasteiger partial charge in [-0.15, -0.1) is 0 Å². The van der Waals surface area contributed by atoms with Crippen molar-refractivity contribution in [3.05, 3.63) is 34.3 Å². The largest absolute Gasteiger partial charge is 0.326 e. The normalized spacial score (nSPS) is 27.9. The first-order chi connectivity index (χ1) is 7.16. The van der Waals surface area contributed by atoms with Crippen LogP contribution in [0.3, 0.4) is 0 Å². The lowest BCUT2D eigenvalue weighted by atomic mass is 9.86. The van der Waals surface area contributed by atoms with E-state index < -0.39 is 0 Å². The summed E-state index contributed by atoms with van der Waals surface area (Å²) in [7, 11) is 2.14. The van der Waals surface area contributed by atoms with E-state index in [4.69, 9.17) is 5.73 Å². The molecular weight excluding hydrogens is 252 g/mol. The number of hydrogen-bond acceptors (Lipinski definition) is 2. The molecule has 0 saturated carbocycles. The van der Waals surface area contributed by atoms with Crippen molar-refractivity contribution in [3.8, 4) is 0 Å². The van der Waals surface area contributed by atoms with Crippen LogP contribution >= 0.6 is 15.9 Å². The van der Waals surface area contributed by atoms with Crippen molar-refractivity contribution in [1.29, 1.82) is 0 Å². The fourth-order valence-corrected chi connectivity index (χ4v) is 2.54. The van der Waals surface area contributed by atoms with E-state index in [1.54, 1.807) is 0 Å². The second kappa shape index (κ2) is 4.64. The van der Waals surface area contributed by atoms with Crippen LogP contribution in [0.15, 0.2) is 28.7 Å². The van der Waals surface area contributed by atoms with Gasteiger partial charge in [-0.25, -0.2) is 0 Å². The molecule has 0 radical (unpaired) electrons. The summed E-state index contributed by atoms with van der Waals surface area (Å²) in [6, 6.07) is 8.82. The van der Waals surface area contributed by atoms with Gasteiger partial charge in [0.25, 0.3) is 0 Å². The summed E-state index contributed by atoms with van der Waals surface area (Å²) >= 11 is 3.45. The Morgan fingerprint density at radius 2 is 2.00 bits per heavy atom. The summed E-state index contributed by atoms with van der Waals surface area (Å²) in [6.07, 6.45) is 1.17. The molecule has 2 rings (SSSR count). The first-order valence-electron chi connectivity index (χ1n) is 5.36. The van der Waals surface area contributed by atoms with E-state index in [1.807, 2.05) is 0 Å². The van der Waals surface area contributed by atoms with Gasteiger partial charge in [-0.2, -0.15) is 0 Å². The quantitative estimate of drug-likeness (QED) is 0.846. The molecule has 1 heterocycles. The van der Waals surface area contributed by atoms with Crippen LogP contribution < -0.4 is 5.73 Å². The molecular formula is C12H17BrN2. The Morgan fingerprint density at radius 1 is 1.33 bits per heavy atom. The summed E-state index contributed by atoms with van der Waals surface area (Å²) in [6.45, 7) is 2.15. The van der Waals surface area contributed by atoms with Gasteiger partial charge < -0.3 is 10.6 Å². The third-order valence-corrected chi connectivity index (χ3v) is 3.69. The van der Waals surface area contributed by atoms with Crippen LogP contribution in [0.2, 0.25) is 0 Å². The van der Waals surface area contributed by atoms with Crippen molar-refractivity contribution >= 4 is 15.9 Å². The summed E-state index contributed by atoms with van der Waals surface area (Å²) < 4.78 is 1.13. The summed E-state index contributed by atoms with van der Waals surface area (Å²) in [5.41, 5.74) is 7.56. The molecule has 1 fully saturated rings. The fraction of sp³-hybridized carbons (Fsp3) is 0.500. The van der Waals surface area contributed by atoms with Gasteiger partial charge in [0.05, 0.1) is 0 Å². The van der Waals surface area contributed by atoms with Crippen LogP contribution in [0.4, 0.5) is 0 Å². The van der Waals surface area contributed by atoms with Gasteiger partial charge in [-0.3, -0.25) is 0 Å². The Kier molecular flexibility index (Phi) is 3.44. The average Bonchev–Trinajstić information content (AvgIpc) is 2.20. The van der Waals surface area contributed by atoms with Gasteiger partial charge in [0.1, 0.15) is 0 Å². The van der Waals surface area contributed by atoms with Crippen LogP contribution in [0.25, 0.3) is 0 Å². The average molecular weight is 269 g/mol. The zero-order valence-corrected chi connectivity index (χ0v) is 10.6. The highest BCUT2D eigenvalue weighted by molar-refractivity contribution is 9.10. The molecule has 15 heavy (non-hydrogen) atoms. The zero-order valence-electron chi connectivity index (χ0n) is 8.99. The first-order valence-corrected chi connectivity index (χ1v) is 6.15. The van der Waals surface area contributed by atoms with E-state index in [-0.39, 0.29) is 6.04 Å². The molecule has 0 bridgehead atoms. The lowest BCUT2D eigenvalue weighted by Gasteiger charge is -2.34. The maximum Gasteiger partial charge on any atom is 0.0237 e. The molecule has 0 spiro atoms. The second-order valence-electron chi connectivity index (χ2n) is 4.37. The van der Waals surface area contributed by atoms with E-state index in [9.17, 15) is 0 Å². The van der Waals surface area contributed by atoms with Crippen molar-refractivity contribution in [3.63, 3.8) is 0 Å². The molecule has 2 atom stereocenters. The number of likely N-dealkylation sites (tertiary alicyclic amines) is 1. The minimum absolute atomic E-state index is 0.268. The highest BCUT2D eigenvalue weighted by atomic mass is 79.9. The predicted octanol–water partition coefficient (Wildman–Crippen LogP) is 2.20. The van der Waals surface area contributed by atoms with Gasteiger partial charge in [0, 0.05) is 23.0 Å². The molecule has 2 unspecified atom stereocenters. The second-order valence-corrected chi connectivity index (χ2v) is 5.29. The van der Waals surface area contributed by atoms with Crippen molar-refractivity contribution < 1.29 is 0 Å². The molecule has 0 amide bonds. The lowest BCUT2D eigenvalue weighted by Crippen LogP contribution is -2.45. The Balaban J connectivity index is 2.13. The topological polar surface area (TPSA) is 29.3 Å². The molecule has 2 nitrogen and oxygen atoms in total. The van der Waals surface area contributed by atoms with Crippen molar-refractivity contribution in [2.75, 3.05) is 20.1 Å². The molecule has 1 aliphatic heterocycles. The molecule has 3 heteroatoms. The molecule has 1 aromatic carbocycles. The molecule has 1 aliphatic rings. The third kappa shape index (κ3) is 2.60.